The van der Waals surface area contributed by atoms with Gasteiger partial charge in [0.15, 0.2) is 0 Å². The molecule has 0 bridgehead atoms. The summed E-state index contributed by atoms with van der Waals surface area (Å²) < 4.78 is 5.51. The third kappa shape index (κ3) is 17.8. The number of carbonyl (C=O) groups excluding carboxylic acids is 1. The molecule has 144 valence electrons. The highest BCUT2D eigenvalue weighted by atomic mass is 16.5. The van der Waals surface area contributed by atoms with E-state index in [0.29, 0.717) is 6.42 Å². The lowest BCUT2D eigenvalue weighted by Gasteiger charge is -2.13. The van der Waals surface area contributed by atoms with Crippen molar-refractivity contribution in [2.24, 2.45) is 11.8 Å². The number of esters is 1. The zero-order chi connectivity index (χ0) is 18.2. The van der Waals surface area contributed by atoms with Gasteiger partial charge in [0.05, 0.1) is 6.10 Å². The van der Waals surface area contributed by atoms with Gasteiger partial charge < -0.3 is 4.74 Å². The number of rotatable bonds is 16. The normalized spacial score (nSPS) is 12.8. The van der Waals surface area contributed by atoms with Gasteiger partial charge in [-0.2, -0.15) is 0 Å². The largest absolute Gasteiger partial charge is 0.463 e. The smallest absolute Gasteiger partial charge is 0.306 e. The SMILES string of the molecule is CC(C)CCCCCCCCC(C)OC(=O)CCCCCC(C)C. The van der Waals surface area contributed by atoms with Gasteiger partial charge in [-0.1, -0.05) is 85.5 Å². The lowest BCUT2D eigenvalue weighted by Crippen LogP contribution is -2.14. The van der Waals surface area contributed by atoms with Crippen LogP contribution in [0, 0.1) is 11.8 Å². The van der Waals surface area contributed by atoms with Crippen molar-refractivity contribution in [1.82, 2.24) is 0 Å². The molecule has 0 saturated heterocycles. The Morgan fingerprint density at radius 3 is 1.54 bits per heavy atom. The van der Waals surface area contributed by atoms with Gasteiger partial charge in [0.1, 0.15) is 0 Å². The predicted octanol–water partition coefficient (Wildman–Crippen LogP) is 7.30. The van der Waals surface area contributed by atoms with Crippen molar-refractivity contribution < 1.29 is 9.53 Å². The zero-order valence-electron chi connectivity index (χ0n) is 17.2. The van der Waals surface area contributed by atoms with Crippen LogP contribution >= 0.6 is 0 Å². The third-order valence-corrected chi connectivity index (χ3v) is 4.64. The van der Waals surface area contributed by atoms with Gasteiger partial charge in [-0.3, -0.25) is 4.79 Å². The second-order valence-corrected chi connectivity index (χ2v) is 8.39. The first-order valence-corrected chi connectivity index (χ1v) is 10.6. The highest BCUT2D eigenvalue weighted by Crippen LogP contribution is 2.14. The lowest BCUT2D eigenvalue weighted by atomic mass is 10.0. The molecule has 2 heteroatoms. The quantitative estimate of drug-likeness (QED) is 0.217. The average Bonchev–Trinajstić information content (AvgIpc) is 2.48. The Kier molecular flexibility index (Phi) is 15.6. The molecule has 0 aromatic rings. The molecule has 0 aliphatic rings. The van der Waals surface area contributed by atoms with Crippen molar-refractivity contribution in [3.05, 3.63) is 0 Å². The molecule has 0 aliphatic carbocycles. The second kappa shape index (κ2) is 16.0. The van der Waals surface area contributed by atoms with Crippen molar-refractivity contribution in [3.8, 4) is 0 Å². The second-order valence-electron chi connectivity index (χ2n) is 8.39. The van der Waals surface area contributed by atoms with E-state index in [2.05, 4.69) is 27.7 Å². The summed E-state index contributed by atoms with van der Waals surface area (Å²) in [6.45, 7) is 11.1. The molecule has 2 nitrogen and oxygen atoms in total. The van der Waals surface area contributed by atoms with Crippen molar-refractivity contribution in [1.29, 1.82) is 0 Å². The summed E-state index contributed by atoms with van der Waals surface area (Å²) in [7, 11) is 0. The van der Waals surface area contributed by atoms with Crippen LogP contribution in [-0.4, -0.2) is 12.1 Å². The van der Waals surface area contributed by atoms with Crippen LogP contribution in [0.2, 0.25) is 0 Å². The molecule has 0 fully saturated rings. The Morgan fingerprint density at radius 1 is 0.625 bits per heavy atom. The van der Waals surface area contributed by atoms with Crippen LogP contribution in [0.3, 0.4) is 0 Å². The molecule has 0 aromatic carbocycles. The monoisotopic (exact) mass is 340 g/mol. The molecular weight excluding hydrogens is 296 g/mol. The van der Waals surface area contributed by atoms with Gasteiger partial charge in [0, 0.05) is 6.42 Å². The zero-order valence-corrected chi connectivity index (χ0v) is 17.2. The summed E-state index contributed by atoms with van der Waals surface area (Å²) >= 11 is 0. The van der Waals surface area contributed by atoms with Gasteiger partial charge in [-0.05, 0) is 38.0 Å². The summed E-state index contributed by atoms with van der Waals surface area (Å²) in [5, 5.41) is 0. The first kappa shape index (κ1) is 23.5. The van der Waals surface area contributed by atoms with Crippen molar-refractivity contribution >= 4 is 5.97 Å². The third-order valence-electron chi connectivity index (χ3n) is 4.64. The van der Waals surface area contributed by atoms with Gasteiger partial charge in [0.2, 0.25) is 0 Å². The van der Waals surface area contributed by atoms with Crippen LogP contribution in [0.5, 0.6) is 0 Å². The molecule has 1 atom stereocenters. The minimum absolute atomic E-state index is 0.000678. The summed E-state index contributed by atoms with van der Waals surface area (Å²) in [6.07, 6.45) is 15.6. The number of hydrogen-bond donors (Lipinski definition) is 0. The van der Waals surface area contributed by atoms with Crippen LogP contribution < -0.4 is 0 Å². The number of hydrogen-bond acceptors (Lipinski definition) is 2. The minimum Gasteiger partial charge on any atom is -0.463 e. The van der Waals surface area contributed by atoms with Crippen LogP contribution in [0.25, 0.3) is 0 Å². The van der Waals surface area contributed by atoms with E-state index in [1.54, 1.807) is 0 Å². The fourth-order valence-electron chi connectivity index (χ4n) is 3.03. The van der Waals surface area contributed by atoms with E-state index < -0.39 is 0 Å². The molecule has 0 saturated carbocycles. The Morgan fingerprint density at radius 2 is 1.04 bits per heavy atom. The summed E-state index contributed by atoms with van der Waals surface area (Å²) in [6, 6.07) is 0. The highest BCUT2D eigenvalue weighted by molar-refractivity contribution is 5.69. The van der Waals surface area contributed by atoms with Crippen molar-refractivity contribution in [2.45, 2.75) is 124 Å². The maximum atomic E-state index is 11.8. The van der Waals surface area contributed by atoms with E-state index in [4.69, 9.17) is 4.74 Å². The molecule has 0 amide bonds. The molecule has 0 aliphatic heterocycles. The molecule has 24 heavy (non-hydrogen) atoms. The van der Waals surface area contributed by atoms with Crippen LogP contribution in [0.15, 0.2) is 0 Å². The Bertz CT molecular complexity index is 284. The van der Waals surface area contributed by atoms with Gasteiger partial charge in [-0.15, -0.1) is 0 Å². The summed E-state index contributed by atoms with van der Waals surface area (Å²) in [5.41, 5.74) is 0. The molecule has 0 aromatic heterocycles. The molecular formula is C22H44O2. The van der Waals surface area contributed by atoms with Crippen LogP contribution in [0.4, 0.5) is 0 Å². The maximum Gasteiger partial charge on any atom is 0.306 e. The topological polar surface area (TPSA) is 26.3 Å². The van der Waals surface area contributed by atoms with Gasteiger partial charge in [0.25, 0.3) is 0 Å². The van der Waals surface area contributed by atoms with E-state index in [0.717, 1.165) is 31.1 Å². The Labute approximate surface area is 152 Å². The van der Waals surface area contributed by atoms with Crippen LogP contribution in [0.1, 0.15) is 118 Å². The minimum atomic E-state index is 0.000678. The summed E-state index contributed by atoms with van der Waals surface area (Å²) in [4.78, 5) is 11.8. The van der Waals surface area contributed by atoms with E-state index in [-0.39, 0.29) is 12.1 Å². The number of carbonyl (C=O) groups is 1. The lowest BCUT2D eigenvalue weighted by molar-refractivity contribution is -0.148. The summed E-state index contributed by atoms with van der Waals surface area (Å²) in [5.74, 6) is 1.61. The van der Waals surface area contributed by atoms with Gasteiger partial charge in [-0.25, -0.2) is 0 Å². The average molecular weight is 341 g/mol. The fourth-order valence-corrected chi connectivity index (χ4v) is 3.03. The molecule has 0 heterocycles. The number of ether oxygens (including phenoxy) is 1. The highest BCUT2D eigenvalue weighted by Gasteiger charge is 2.09. The van der Waals surface area contributed by atoms with Crippen molar-refractivity contribution in [2.75, 3.05) is 0 Å². The molecule has 0 radical (unpaired) electrons. The predicted molar refractivity (Wildman–Crippen MR) is 105 cm³/mol. The standard InChI is InChI=1S/C22H44O2/c1-19(2)15-11-8-6-7-9-13-17-21(5)24-22(23)18-14-10-12-16-20(3)4/h19-21H,6-18H2,1-5H3. The molecule has 0 rings (SSSR count). The maximum absolute atomic E-state index is 11.8. The van der Waals surface area contributed by atoms with Crippen molar-refractivity contribution in [3.63, 3.8) is 0 Å². The van der Waals surface area contributed by atoms with Gasteiger partial charge >= 0.3 is 5.97 Å². The molecule has 0 N–H and O–H groups in total. The fraction of sp³-hybridized carbons (Fsp3) is 0.955. The van der Waals surface area contributed by atoms with E-state index >= 15 is 0 Å². The first-order chi connectivity index (χ1) is 11.4. The Balaban J connectivity index is 3.38. The Hall–Kier alpha value is -0.530. The molecule has 1 unspecified atom stereocenters. The van der Waals surface area contributed by atoms with E-state index in [9.17, 15) is 4.79 Å². The van der Waals surface area contributed by atoms with E-state index in [1.165, 1.54) is 57.8 Å². The van der Waals surface area contributed by atoms with Crippen LogP contribution in [-0.2, 0) is 9.53 Å². The first-order valence-electron chi connectivity index (χ1n) is 10.6. The van der Waals surface area contributed by atoms with E-state index in [1.807, 2.05) is 6.92 Å². The number of unbranched alkanes of at least 4 members (excludes halogenated alkanes) is 7. The molecule has 0 spiro atoms.